The van der Waals surface area contributed by atoms with Crippen LogP contribution in [-0.4, -0.2) is 39.7 Å². The Balaban J connectivity index is 2.74. The van der Waals surface area contributed by atoms with Crippen molar-refractivity contribution in [1.29, 1.82) is 0 Å². The zero-order valence-electron chi connectivity index (χ0n) is 8.62. The fourth-order valence-electron chi connectivity index (χ4n) is 1.24. The summed E-state index contributed by atoms with van der Waals surface area (Å²) in [6, 6.07) is 0. The van der Waals surface area contributed by atoms with Crippen LogP contribution in [0.1, 0.15) is 20.8 Å². The largest absolute Gasteiger partial charge is 0.358 e. The van der Waals surface area contributed by atoms with Gasteiger partial charge in [-0.05, 0) is 20.8 Å². The predicted molar refractivity (Wildman–Crippen MR) is 55.9 cm³/mol. The van der Waals surface area contributed by atoms with Gasteiger partial charge < -0.3 is 4.74 Å². The second kappa shape index (κ2) is 3.75. The van der Waals surface area contributed by atoms with Crippen molar-refractivity contribution in [2.24, 2.45) is 0 Å². The molecule has 0 aromatic rings. The number of nitro groups is 1. The lowest BCUT2D eigenvalue weighted by Crippen LogP contribution is -2.58. The average molecular weight is 267 g/mol. The van der Waals surface area contributed by atoms with Gasteiger partial charge in [0.25, 0.3) is 0 Å². The van der Waals surface area contributed by atoms with E-state index < -0.39 is 4.45 Å². The molecule has 0 aromatic heterocycles. The van der Waals surface area contributed by atoms with Crippen LogP contribution in [0.4, 0.5) is 0 Å². The number of hydrogen-bond donors (Lipinski definition) is 0. The van der Waals surface area contributed by atoms with Crippen LogP contribution in [0.2, 0.25) is 0 Å². The second-order valence-corrected chi connectivity index (χ2v) is 6.00. The van der Waals surface area contributed by atoms with Gasteiger partial charge in [-0.3, -0.25) is 15.0 Å². The number of rotatable bonds is 1. The van der Waals surface area contributed by atoms with Gasteiger partial charge >= 0.3 is 4.45 Å². The van der Waals surface area contributed by atoms with Crippen LogP contribution < -0.4 is 0 Å². The zero-order valence-corrected chi connectivity index (χ0v) is 10.2. The highest BCUT2D eigenvalue weighted by molar-refractivity contribution is 9.10. The average Bonchev–Trinajstić information content (AvgIpc) is 2.02. The molecule has 5 nitrogen and oxygen atoms in total. The van der Waals surface area contributed by atoms with Gasteiger partial charge in [0.15, 0.2) is 0 Å². The molecule has 1 heterocycles. The maximum atomic E-state index is 10.8. The van der Waals surface area contributed by atoms with E-state index in [1.54, 1.807) is 0 Å². The Kier molecular flexibility index (Phi) is 3.18. The fraction of sp³-hybridized carbons (Fsp3) is 1.00. The highest BCUT2D eigenvalue weighted by atomic mass is 79.9. The molecular weight excluding hydrogens is 252 g/mol. The lowest BCUT2D eigenvalue weighted by atomic mass is 10.1. The predicted octanol–water partition coefficient (Wildman–Crippen LogP) is 1.44. The summed E-state index contributed by atoms with van der Waals surface area (Å²) < 4.78 is 4.07. The van der Waals surface area contributed by atoms with Crippen molar-refractivity contribution in [1.82, 2.24) is 4.90 Å². The standard InChI is InChI=1S/C8H15BrN2O3/c1-7(2,3)10-4-8(9,11(12)13)5-14-6-10/h4-6H2,1-3H3. The molecule has 0 amide bonds. The summed E-state index contributed by atoms with van der Waals surface area (Å²) in [6.07, 6.45) is 0. The molecular formula is C8H15BrN2O3. The van der Waals surface area contributed by atoms with E-state index >= 15 is 0 Å². The van der Waals surface area contributed by atoms with Crippen LogP contribution in [0.25, 0.3) is 0 Å². The molecule has 0 bridgehead atoms. The normalized spacial score (nSPS) is 30.3. The van der Waals surface area contributed by atoms with Gasteiger partial charge in [-0.15, -0.1) is 0 Å². The first-order chi connectivity index (χ1) is 6.26. The zero-order chi connectivity index (χ0) is 11.0. The summed E-state index contributed by atoms with van der Waals surface area (Å²) in [7, 11) is 0. The van der Waals surface area contributed by atoms with Gasteiger partial charge in [0.2, 0.25) is 0 Å². The summed E-state index contributed by atoms with van der Waals surface area (Å²) in [4.78, 5) is 12.4. The minimum Gasteiger partial charge on any atom is -0.358 e. The number of ether oxygens (including phenoxy) is 1. The molecule has 0 aliphatic carbocycles. The van der Waals surface area contributed by atoms with Crippen LogP contribution in [0.3, 0.4) is 0 Å². The van der Waals surface area contributed by atoms with Crippen molar-refractivity contribution in [3.8, 4) is 0 Å². The van der Waals surface area contributed by atoms with E-state index in [-0.39, 0.29) is 17.1 Å². The lowest BCUT2D eigenvalue weighted by molar-refractivity contribution is -0.547. The van der Waals surface area contributed by atoms with Gasteiger partial charge in [-0.25, -0.2) is 0 Å². The Hall–Kier alpha value is -0.200. The molecule has 1 aliphatic rings. The third-order valence-corrected chi connectivity index (χ3v) is 3.05. The third kappa shape index (κ3) is 2.43. The van der Waals surface area contributed by atoms with Crippen molar-refractivity contribution < 1.29 is 9.66 Å². The smallest absolute Gasteiger partial charge is 0.309 e. The maximum absolute atomic E-state index is 10.8. The number of hydrogen-bond acceptors (Lipinski definition) is 4. The van der Waals surface area contributed by atoms with E-state index in [1.165, 1.54) is 0 Å². The first kappa shape index (κ1) is 11.9. The van der Waals surface area contributed by atoms with E-state index in [0.717, 1.165) is 0 Å². The van der Waals surface area contributed by atoms with E-state index in [0.29, 0.717) is 13.3 Å². The Labute approximate surface area is 91.7 Å². The minimum absolute atomic E-state index is 0.116. The Morgan fingerprint density at radius 3 is 2.57 bits per heavy atom. The summed E-state index contributed by atoms with van der Waals surface area (Å²) >= 11 is 3.13. The van der Waals surface area contributed by atoms with Crippen molar-refractivity contribution in [2.75, 3.05) is 19.9 Å². The molecule has 82 valence electrons. The topological polar surface area (TPSA) is 55.6 Å². The summed E-state index contributed by atoms with van der Waals surface area (Å²) in [5.74, 6) is 0. The first-order valence-corrected chi connectivity index (χ1v) is 5.21. The molecule has 14 heavy (non-hydrogen) atoms. The van der Waals surface area contributed by atoms with Crippen molar-refractivity contribution in [3.05, 3.63) is 10.1 Å². The van der Waals surface area contributed by atoms with Crippen LogP contribution in [0, 0.1) is 10.1 Å². The molecule has 0 spiro atoms. The molecule has 0 N–H and O–H groups in total. The Bertz CT molecular complexity index is 241. The Morgan fingerprint density at radius 2 is 2.14 bits per heavy atom. The lowest BCUT2D eigenvalue weighted by Gasteiger charge is -2.41. The molecule has 0 aromatic carbocycles. The highest BCUT2D eigenvalue weighted by Gasteiger charge is 2.47. The first-order valence-electron chi connectivity index (χ1n) is 4.42. The summed E-state index contributed by atoms with van der Waals surface area (Å²) in [5, 5.41) is 10.8. The number of halogens is 1. The van der Waals surface area contributed by atoms with E-state index in [1.807, 2.05) is 25.7 Å². The van der Waals surface area contributed by atoms with E-state index in [2.05, 4.69) is 15.9 Å². The number of alkyl halides is 1. The van der Waals surface area contributed by atoms with Gasteiger partial charge in [-0.2, -0.15) is 0 Å². The van der Waals surface area contributed by atoms with Crippen LogP contribution >= 0.6 is 15.9 Å². The molecule has 6 heteroatoms. The van der Waals surface area contributed by atoms with Crippen LogP contribution in [-0.2, 0) is 4.74 Å². The van der Waals surface area contributed by atoms with Crippen LogP contribution in [0.5, 0.6) is 0 Å². The minimum atomic E-state index is -1.15. The molecule has 1 atom stereocenters. The van der Waals surface area contributed by atoms with Gasteiger partial charge in [-0.1, -0.05) is 0 Å². The summed E-state index contributed by atoms with van der Waals surface area (Å²) in [6.45, 7) is 6.96. The van der Waals surface area contributed by atoms with Crippen LogP contribution in [0.15, 0.2) is 0 Å². The van der Waals surface area contributed by atoms with Gasteiger partial charge in [0, 0.05) is 26.4 Å². The molecule has 1 fully saturated rings. The molecule has 1 saturated heterocycles. The molecule has 1 aliphatic heterocycles. The second-order valence-electron chi connectivity index (χ2n) is 4.52. The molecule has 1 unspecified atom stereocenters. The summed E-state index contributed by atoms with van der Waals surface area (Å²) in [5.41, 5.74) is -0.116. The highest BCUT2D eigenvalue weighted by Crippen LogP contribution is 2.28. The van der Waals surface area contributed by atoms with Crippen molar-refractivity contribution >= 4 is 15.9 Å². The van der Waals surface area contributed by atoms with E-state index in [9.17, 15) is 10.1 Å². The van der Waals surface area contributed by atoms with Gasteiger partial charge in [0.1, 0.15) is 13.3 Å². The fourth-order valence-corrected chi connectivity index (χ4v) is 1.70. The SMILES string of the molecule is CC(C)(C)N1COCC(Br)([N+](=O)[O-])C1. The Morgan fingerprint density at radius 1 is 1.57 bits per heavy atom. The third-order valence-electron chi connectivity index (χ3n) is 2.28. The molecule has 1 rings (SSSR count). The number of nitrogens with zero attached hydrogens (tertiary/aromatic N) is 2. The van der Waals surface area contributed by atoms with Gasteiger partial charge in [0.05, 0.1) is 6.54 Å². The monoisotopic (exact) mass is 266 g/mol. The molecule has 0 radical (unpaired) electrons. The molecule has 0 saturated carbocycles. The maximum Gasteiger partial charge on any atom is 0.309 e. The van der Waals surface area contributed by atoms with Crippen molar-refractivity contribution in [3.63, 3.8) is 0 Å². The quantitative estimate of drug-likeness (QED) is 0.312. The van der Waals surface area contributed by atoms with E-state index in [4.69, 9.17) is 4.74 Å². The van der Waals surface area contributed by atoms with Crippen molar-refractivity contribution in [2.45, 2.75) is 30.8 Å².